The zero-order valence-corrected chi connectivity index (χ0v) is 16.8. The summed E-state index contributed by atoms with van der Waals surface area (Å²) in [7, 11) is 1.60. The van der Waals surface area contributed by atoms with Crippen LogP contribution in [0.4, 0.5) is 4.39 Å². The maximum Gasteiger partial charge on any atom is 0.274 e. The van der Waals surface area contributed by atoms with Crippen LogP contribution in [0, 0.1) is 5.82 Å². The van der Waals surface area contributed by atoms with Gasteiger partial charge in [-0.15, -0.1) is 0 Å². The van der Waals surface area contributed by atoms with E-state index in [2.05, 4.69) is 4.98 Å². The van der Waals surface area contributed by atoms with Gasteiger partial charge in [0, 0.05) is 25.9 Å². The van der Waals surface area contributed by atoms with E-state index in [1.165, 1.54) is 23.5 Å². The van der Waals surface area contributed by atoms with E-state index >= 15 is 0 Å². The van der Waals surface area contributed by atoms with Crippen molar-refractivity contribution in [1.82, 2.24) is 9.88 Å². The summed E-state index contributed by atoms with van der Waals surface area (Å²) in [6.45, 7) is 1.21. The van der Waals surface area contributed by atoms with Gasteiger partial charge in [-0.05, 0) is 42.5 Å². The smallest absolute Gasteiger partial charge is 0.274 e. The van der Waals surface area contributed by atoms with Gasteiger partial charge in [0.15, 0.2) is 6.61 Å². The van der Waals surface area contributed by atoms with Gasteiger partial charge in [0.05, 0.1) is 17.3 Å². The summed E-state index contributed by atoms with van der Waals surface area (Å²) < 4.78 is 30.7. The second-order valence-electron chi connectivity index (χ2n) is 6.75. The highest BCUT2D eigenvalue weighted by molar-refractivity contribution is 7.20. The van der Waals surface area contributed by atoms with Crippen molar-refractivity contribution in [2.24, 2.45) is 0 Å². The van der Waals surface area contributed by atoms with E-state index in [-0.39, 0.29) is 24.4 Å². The number of methoxy groups -OCH3 is 1. The quantitative estimate of drug-likeness (QED) is 0.610. The van der Waals surface area contributed by atoms with Crippen LogP contribution in [-0.4, -0.2) is 48.7 Å². The van der Waals surface area contributed by atoms with E-state index in [0.29, 0.717) is 24.0 Å². The highest BCUT2D eigenvalue weighted by Crippen LogP contribution is 2.30. The Morgan fingerprint density at radius 1 is 1.17 bits per heavy atom. The maximum absolute atomic E-state index is 13.3. The molecule has 1 aliphatic heterocycles. The van der Waals surface area contributed by atoms with Gasteiger partial charge in [-0.3, -0.25) is 4.79 Å². The van der Waals surface area contributed by atoms with E-state index in [0.717, 1.165) is 28.8 Å². The number of aromatic nitrogens is 1. The standard InChI is InChI=1S/C21H21FN2O4S/c1-26-15-3-5-16(6-4-15)27-13-20(25)24-10-8-17(9-11-24)28-21-23-18-7-2-14(22)12-19(18)29-21/h2-7,12,17H,8-11,13H2,1H3. The van der Waals surface area contributed by atoms with Crippen LogP contribution in [0.3, 0.4) is 0 Å². The summed E-state index contributed by atoms with van der Waals surface area (Å²) in [5.41, 5.74) is 0.731. The van der Waals surface area contributed by atoms with Crippen molar-refractivity contribution in [2.45, 2.75) is 18.9 Å². The molecule has 8 heteroatoms. The molecule has 4 rings (SSSR count). The minimum absolute atomic E-state index is 0.00128. The number of benzene rings is 2. The molecule has 29 heavy (non-hydrogen) atoms. The van der Waals surface area contributed by atoms with Gasteiger partial charge in [-0.1, -0.05) is 11.3 Å². The first kappa shape index (κ1) is 19.4. The number of piperidine rings is 1. The molecule has 2 heterocycles. The Labute approximate surface area is 171 Å². The van der Waals surface area contributed by atoms with E-state index in [9.17, 15) is 9.18 Å². The number of thiazole rings is 1. The van der Waals surface area contributed by atoms with Crippen molar-refractivity contribution in [3.05, 3.63) is 48.3 Å². The van der Waals surface area contributed by atoms with Crippen LogP contribution in [-0.2, 0) is 4.79 Å². The lowest BCUT2D eigenvalue weighted by molar-refractivity contribution is -0.135. The van der Waals surface area contributed by atoms with E-state index in [4.69, 9.17) is 14.2 Å². The number of likely N-dealkylation sites (tertiary alicyclic amines) is 1. The molecular formula is C21H21FN2O4S. The average Bonchev–Trinajstić information content (AvgIpc) is 3.14. The predicted molar refractivity (Wildman–Crippen MR) is 108 cm³/mol. The van der Waals surface area contributed by atoms with Crippen LogP contribution >= 0.6 is 11.3 Å². The van der Waals surface area contributed by atoms with Gasteiger partial charge in [-0.2, -0.15) is 0 Å². The second kappa shape index (κ2) is 8.65. The zero-order chi connectivity index (χ0) is 20.2. The van der Waals surface area contributed by atoms with Crippen LogP contribution in [0.15, 0.2) is 42.5 Å². The van der Waals surface area contributed by atoms with Crippen LogP contribution in [0.1, 0.15) is 12.8 Å². The minimum atomic E-state index is -0.281. The zero-order valence-electron chi connectivity index (χ0n) is 16.0. The molecule has 0 atom stereocenters. The molecule has 6 nitrogen and oxygen atoms in total. The molecule has 1 fully saturated rings. The third-order valence-corrected chi connectivity index (χ3v) is 5.72. The molecule has 0 N–H and O–H groups in total. The molecule has 0 bridgehead atoms. The first-order chi connectivity index (χ1) is 14.1. The fourth-order valence-corrected chi connectivity index (χ4v) is 4.11. The van der Waals surface area contributed by atoms with Crippen molar-refractivity contribution >= 4 is 27.5 Å². The third kappa shape index (κ3) is 4.76. The first-order valence-corrected chi connectivity index (χ1v) is 10.2. The van der Waals surface area contributed by atoms with Crippen molar-refractivity contribution < 1.29 is 23.4 Å². The number of carbonyl (C=O) groups excluding carboxylic acids is 1. The monoisotopic (exact) mass is 416 g/mol. The number of hydrogen-bond donors (Lipinski definition) is 0. The Kier molecular flexibility index (Phi) is 5.80. The number of halogens is 1. The lowest BCUT2D eigenvalue weighted by atomic mass is 10.1. The molecule has 0 spiro atoms. The van der Waals surface area contributed by atoms with Crippen molar-refractivity contribution in [3.63, 3.8) is 0 Å². The largest absolute Gasteiger partial charge is 0.497 e. The molecule has 0 unspecified atom stereocenters. The second-order valence-corrected chi connectivity index (χ2v) is 7.75. The van der Waals surface area contributed by atoms with Crippen molar-refractivity contribution in [1.29, 1.82) is 0 Å². The van der Waals surface area contributed by atoms with Crippen LogP contribution in [0.5, 0.6) is 16.7 Å². The van der Waals surface area contributed by atoms with Crippen LogP contribution in [0.25, 0.3) is 10.2 Å². The molecule has 1 aliphatic rings. The van der Waals surface area contributed by atoms with Crippen LogP contribution < -0.4 is 14.2 Å². The van der Waals surface area contributed by atoms with Gasteiger partial charge < -0.3 is 19.1 Å². The molecular weight excluding hydrogens is 395 g/mol. The molecule has 1 aromatic heterocycles. The number of carbonyl (C=O) groups is 1. The molecule has 3 aromatic rings. The molecule has 0 saturated carbocycles. The summed E-state index contributed by atoms with van der Waals surface area (Å²) >= 11 is 1.34. The summed E-state index contributed by atoms with van der Waals surface area (Å²) in [5, 5.41) is 0.540. The normalized spacial score (nSPS) is 14.8. The Bertz CT molecular complexity index is 984. The molecule has 0 aliphatic carbocycles. The molecule has 0 radical (unpaired) electrons. The van der Waals surface area contributed by atoms with Gasteiger partial charge in [0.25, 0.3) is 11.1 Å². The number of hydrogen-bond acceptors (Lipinski definition) is 6. The minimum Gasteiger partial charge on any atom is -0.497 e. The van der Waals surface area contributed by atoms with Crippen LogP contribution in [0.2, 0.25) is 0 Å². The Hall–Kier alpha value is -2.87. The maximum atomic E-state index is 13.3. The number of nitrogens with zero attached hydrogens (tertiary/aromatic N) is 2. The summed E-state index contributed by atoms with van der Waals surface area (Å²) in [6.07, 6.45) is 1.43. The van der Waals surface area contributed by atoms with Gasteiger partial charge in [0.1, 0.15) is 23.4 Å². The Morgan fingerprint density at radius 2 is 1.90 bits per heavy atom. The summed E-state index contributed by atoms with van der Waals surface area (Å²) in [6, 6.07) is 11.6. The van der Waals surface area contributed by atoms with Gasteiger partial charge in [-0.25, -0.2) is 9.37 Å². The highest BCUT2D eigenvalue weighted by atomic mass is 32.1. The SMILES string of the molecule is COc1ccc(OCC(=O)N2CCC(Oc3nc4ccc(F)cc4s3)CC2)cc1. The van der Waals surface area contributed by atoms with Gasteiger partial charge >= 0.3 is 0 Å². The van der Waals surface area contributed by atoms with E-state index < -0.39 is 0 Å². The number of rotatable bonds is 6. The topological polar surface area (TPSA) is 60.9 Å². The van der Waals surface area contributed by atoms with E-state index in [1.807, 2.05) is 0 Å². The number of ether oxygens (including phenoxy) is 3. The average molecular weight is 416 g/mol. The predicted octanol–water partition coefficient (Wildman–Crippen LogP) is 3.89. The van der Waals surface area contributed by atoms with Gasteiger partial charge in [0.2, 0.25) is 0 Å². The Morgan fingerprint density at radius 3 is 2.62 bits per heavy atom. The summed E-state index contributed by atoms with van der Waals surface area (Å²) in [5.74, 6) is 1.04. The molecule has 2 aromatic carbocycles. The molecule has 152 valence electrons. The fraction of sp³-hybridized carbons (Fsp3) is 0.333. The van der Waals surface area contributed by atoms with Crippen molar-refractivity contribution in [2.75, 3.05) is 26.8 Å². The van der Waals surface area contributed by atoms with Crippen molar-refractivity contribution in [3.8, 4) is 16.7 Å². The molecule has 1 saturated heterocycles. The molecule has 1 amide bonds. The van der Waals surface area contributed by atoms with E-state index in [1.54, 1.807) is 42.3 Å². The fourth-order valence-electron chi connectivity index (χ4n) is 3.20. The highest BCUT2D eigenvalue weighted by Gasteiger charge is 2.25. The lowest BCUT2D eigenvalue weighted by Crippen LogP contribution is -2.43. The first-order valence-electron chi connectivity index (χ1n) is 9.38. The number of amides is 1. The summed E-state index contributed by atoms with van der Waals surface area (Å²) in [4.78, 5) is 18.6. The Balaban J connectivity index is 1.25. The number of fused-ring (bicyclic) bond motifs is 1. The lowest BCUT2D eigenvalue weighted by Gasteiger charge is -2.31. The third-order valence-electron chi connectivity index (χ3n) is 4.81.